The van der Waals surface area contributed by atoms with Crippen molar-refractivity contribution in [3.8, 4) is 17.0 Å². The van der Waals surface area contributed by atoms with Crippen LogP contribution < -0.4 is 10.1 Å². The van der Waals surface area contributed by atoms with Crippen LogP contribution in [0.25, 0.3) is 22.2 Å². The zero-order chi connectivity index (χ0) is 27.4. The maximum atomic E-state index is 13.5. The first kappa shape index (κ1) is 26.4. The van der Waals surface area contributed by atoms with E-state index in [0.717, 1.165) is 58.3 Å². The number of para-hydroxylation sites is 1. The van der Waals surface area contributed by atoms with Crippen molar-refractivity contribution < 1.29 is 19.4 Å². The van der Waals surface area contributed by atoms with Crippen molar-refractivity contribution in [3.63, 3.8) is 0 Å². The van der Waals surface area contributed by atoms with Gasteiger partial charge in [-0.25, -0.2) is 4.98 Å². The number of pyridine rings is 1. The number of aromatic nitrogens is 1. The number of carboxylic acid groups (broad SMARTS) is 1. The first-order valence-corrected chi connectivity index (χ1v) is 13.6. The van der Waals surface area contributed by atoms with Crippen LogP contribution in [0.1, 0.15) is 73.5 Å². The summed E-state index contributed by atoms with van der Waals surface area (Å²) in [6.07, 6.45) is 3.82. The lowest BCUT2D eigenvalue weighted by atomic mass is 9.96. The summed E-state index contributed by atoms with van der Waals surface area (Å²) in [5.74, 6) is -0.0995. The second-order valence-corrected chi connectivity index (χ2v) is 10.8. The number of amides is 1. The summed E-state index contributed by atoms with van der Waals surface area (Å²) in [6, 6.07) is 25.5. The molecule has 200 valence electrons. The van der Waals surface area contributed by atoms with Crippen molar-refractivity contribution in [2.24, 2.45) is 0 Å². The summed E-state index contributed by atoms with van der Waals surface area (Å²) in [6.45, 7) is 4.15. The molecule has 0 saturated carbocycles. The SMILES string of the molecule is CC1(C)CCC(NC(=O)c2ccc3nc(-c4ccccc4)c(CCCCC(=O)O)cc3c2)c2ccccc2O1. The Bertz CT molecular complexity index is 1500. The van der Waals surface area contributed by atoms with Gasteiger partial charge in [-0.1, -0.05) is 48.5 Å². The van der Waals surface area contributed by atoms with Crippen LogP contribution in [0.4, 0.5) is 0 Å². The Morgan fingerprint density at radius 1 is 1.00 bits per heavy atom. The lowest BCUT2D eigenvalue weighted by Gasteiger charge is -2.24. The van der Waals surface area contributed by atoms with Crippen LogP contribution in [0.5, 0.6) is 5.75 Å². The lowest BCUT2D eigenvalue weighted by Crippen LogP contribution is -2.29. The van der Waals surface area contributed by atoms with Gasteiger partial charge in [-0.05, 0) is 81.8 Å². The van der Waals surface area contributed by atoms with Crippen molar-refractivity contribution in [1.29, 1.82) is 0 Å². The van der Waals surface area contributed by atoms with E-state index in [1.807, 2.05) is 72.8 Å². The van der Waals surface area contributed by atoms with Gasteiger partial charge in [0.25, 0.3) is 5.91 Å². The van der Waals surface area contributed by atoms with Gasteiger partial charge in [0.05, 0.1) is 17.3 Å². The molecular formula is C33H34N2O4. The first-order valence-electron chi connectivity index (χ1n) is 13.6. The minimum Gasteiger partial charge on any atom is -0.488 e. The van der Waals surface area contributed by atoms with E-state index in [1.165, 1.54) is 0 Å². The van der Waals surface area contributed by atoms with E-state index in [9.17, 15) is 9.59 Å². The molecule has 1 amide bonds. The van der Waals surface area contributed by atoms with Crippen LogP contribution in [0.2, 0.25) is 0 Å². The Balaban J connectivity index is 1.43. The number of carbonyl (C=O) groups excluding carboxylic acids is 1. The van der Waals surface area contributed by atoms with E-state index in [2.05, 4.69) is 25.2 Å². The molecule has 4 aromatic rings. The number of hydrogen-bond acceptors (Lipinski definition) is 4. The normalized spacial score (nSPS) is 16.1. The molecule has 6 nitrogen and oxygen atoms in total. The number of aryl methyl sites for hydroxylation is 1. The van der Waals surface area contributed by atoms with Crippen molar-refractivity contribution in [3.05, 3.63) is 95.6 Å². The van der Waals surface area contributed by atoms with Crippen LogP contribution in [-0.2, 0) is 11.2 Å². The summed E-state index contributed by atoms with van der Waals surface area (Å²) < 4.78 is 6.24. The minimum absolute atomic E-state index is 0.133. The quantitative estimate of drug-likeness (QED) is 0.241. The Kier molecular flexibility index (Phi) is 7.64. The van der Waals surface area contributed by atoms with Crippen molar-refractivity contribution in [1.82, 2.24) is 10.3 Å². The Morgan fingerprint density at radius 2 is 1.77 bits per heavy atom. The summed E-state index contributed by atoms with van der Waals surface area (Å²) in [5.41, 5.74) is 5.05. The molecule has 0 saturated heterocycles. The van der Waals surface area contributed by atoms with Gasteiger partial charge in [0, 0.05) is 28.5 Å². The maximum absolute atomic E-state index is 13.5. The predicted molar refractivity (Wildman–Crippen MR) is 153 cm³/mol. The largest absolute Gasteiger partial charge is 0.488 e. The van der Waals surface area contributed by atoms with Crippen LogP contribution in [-0.4, -0.2) is 27.6 Å². The third kappa shape index (κ3) is 6.28. The summed E-state index contributed by atoms with van der Waals surface area (Å²) in [5, 5.41) is 13.2. The molecule has 0 radical (unpaired) electrons. The fourth-order valence-electron chi connectivity index (χ4n) is 5.24. The summed E-state index contributed by atoms with van der Waals surface area (Å²) in [7, 11) is 0. The average Bonchev–Trinajstić information content (AvgIpc) is 3.05. The molecule has 1 aliphatic heterocycles. The zero-order valence-electron chi connectivity index (χ0n) is 22.4. The second-order valence-electron chi connectivity index (χ2n) is 10.8. The van der Waals surface area contributed by atoms with Crippen molar-refractivity contribution in [2.75, 3.05) is 0 Å². The molecule has 39 heavy (non-hydrogen) atoms. The molecule has 6 heteroatoms. The van der Waals surface area contributed by atoms with Gasteiger partial charge in [-0.15, -0.1) is 0 Å². The Labute approximate surface area is 229 Å². The molecule has 2 N–H and O–H groups in total. The zero-order valence-corrected chi connectivity index (χ0v) is 22.4. The van der Waals surface area contributed by atoms with E-state index in [1.54, 1.807) is 0 Å². The number of carboxylic acids is 1. The van der Waals surface area contributed by atoms with Crippen LogP contribution in [0, 0.1) is 0 Å². The lowest BCUT2D eigenvalue weighted by molar-refractivity contribution is -0.137. The number of carbonyl (C=O) groups is 2. The Morgan fingerprint density at radius 3 is 2.56 bits per heavy atom. The number of nitrogens with one attached hydrogen (secondary N) is 1. The number of rotatable bonds is 8. The molecule has 1 atom stereocenters. The third-order valence-corrected chi connectivity index (χ3v) is 7.31. The number of hydrogen-bond donors (Lipinski definition) is 2. The molecule has 3 aromatic carbocycles. The van der Waals surface area contributed by atoms with Crippen LogP contribution in [0.15, 0.2) is 78.9 Å². The van der Waals surface area contributed by atoms with Gasteiger partial charge in [0.2, 0.25) is 0 Å². The Hall–Kier alpha value is -4.19. The van der Waals surface area contributed by atoms with Crippen LogP contribution >= 0.6 is 0 Å². The van der Waals surface area contributed by atoms with Gasteiger partial charge in [0.15, 0.2) is 0 Å². The molecule has 0 spiro atoms. The predicted octanol–water partition coefficient (Wildman–Crippen LogP) is 7.12. The van der Waals surface area contributed by atoms with E-state index < -0.39 is 5.97 Å². The maximum Gasteiger partial charge on any atom is 0.303 e. The van der Waals surface area contributed by atoms with Crippen LogP contribution in [0.3, 0.4) is 0 Å². The van der Waals surface area contributed by atoms with E-state index in [0.29, 0.717) is 18.4 Å². The van der Waals surface area contributed by atoms with Gasteiger partial charge in [0.1, 0.15) is 11.4 Å². The highest BCUT2D eigenvalue weighted by Crippen LogP contribution is 2.37. The monoisotopic (exact) mass is 522 g/mol. The highest BCUT2D eigenvalue weighted by atomic mass is 16.5. The van der Waals surface area contributed by atoms with Gasteiger partial charge in [-0.3, -0.25) is 9.59 Å². The van der Waals surface area contributed by atoms with Gasteiger partial charge in [-0.2, -0.15) is 0 Å². The number of ether oxygens (including phenoxy) is 1. The molecule has 1 aliphatic rings. The molecule has 1 unspecified atom stereocenters. The topological polar surface area (TPSA) is 88.5 Å². The summed E-state index contributed by atoms with van der Waals surface area (Å²) >= 11 is 0. The fraction of sp³-hybridized carbons (Fsp3) is 0.303. The number of aliphatic carboxylic acids is 1. The first-order chi connectivity index (χ1) is 18.8. The molecule has 0 fully saturated rings. The summed E-state index contributed by atoms with van der Waals surface area (Å²) in [4.78, 5) is 29.4. The molecule has 1 aromatic heterocycles. The highest BCUT2D eigenvalue weighted by molar-refractivity contribution is 5.98. The standard InChI is InChI=1S/C33H34N2O4/c1-33(2)19-18-28(26-13-7-8-14-29(26)39-33)35-32(38)24-16-17-27-25(21-24)20-23(12-6-9-15-30(36)37)31(34-27)22-10-4-3-5-11-22/h3-5,7-8,10-11,13-14,16-17,20-21,28H,6,9,12,15,18-19H2,1-2H3,(H,35,38)(H,36,37). The van der Waals surface area contributed by atoms with Gasteiger partial charge < -0.3 is 15.2 Å². The van der Waals surface area contributed by atoms with Crippen molar-refractivity contribution >= 4 is 22.8 Å². The van der Waals surface area contributed by atoms with E-state index >= 15 is 0 Å². The minimum atomic E-state index is -0.781. The van der Waals surface area contributed by atoms with Crippen molar-refractivity contribution in [2.45, 2.75) is 64.0 Å². The number of unbranched alkanes of at least 4 members (excludes halogenated alkanes) is 1. The molecule has 0 bridgehead atoms. The molecular weight excluding hydrogens is 488 g/mol. The number of benzene rings is 3. The van der Waals surface area contributed by atoms with E-state index in [-0.39, 0.29) is 24.0 Å². The number of nitrogens with zero attached hydrogens (tertiary/aromatic N) is 1. The van der Waals surface area contributed by atoms with Gasteiger partial charge >= 0.3 is 5.97 Å². The smallest absolute Gasteiger partial charge is 0.303 e. The average molecular weight is 523 g/mol. The molecule has 0 aliphatic carbocycles. The second kappa shape index (κ2) is 11.3. The molecule has 5 rings (SSSR count). The fourth-order valence-corrected chi connectivity index (χ4v) is 5.24. The number of fused-ring (bicyclic) bond motifs is 2. The van der Waals surface area contributed by atoms with E-state index in [4.69, 9.17) is 14.8 Å². The highest BCUT2D eigenvalue weighted by Gasteiger charge is 2.30. The third-order valence-electron chi connectivity index (χ3n) is 7.31. The molecule has 2 heterocycles.